The van der Waals surface area contributed by atoms with E-state index in [1.807, 2.05) is 25.1 Å². The minimum atomic E-state index is -0.00320. The molecule has 1 aromatic carbocycles. The van der Waals surface area contributed by atoms with Crippen molar-refractivity contribution in [3.63, 3.8) is 0 Å². The number of rotatable bonds is 10. The number of methoxy groups -OCH3 is 2. The van der Waals surface area contributed by atoms with Crippen LogP contribution in [0.3, 0.4) is 0 Å². The molecule has 2 aromatic rings. The van der Waals surface area contributed by atoms with Crippen LogP contribution in [0.2, 0.25) is 0 Å². The summed E-state index contributed by atoms with van der Waals surface area (Å²) < 4.78 is 13.9. The summed E-state index contributed by atoms with van der Waals surface area (Å²) in [5.74, 6) is 3.36. The number of aliphatic imine (C=N–C) groups is 1. The maximum Gasteiger partial charge on any atom is 0.167 e. The number of aromatic nitrogens is 1. The lowest BCUT2D eigenvalue weighted by atomic mass is 10.2. The van der Waals surface area contributed by atoms with Gasteiger partial charge in [-0.15, -0.1) is 11.3 Å². The smallest absolute Gasteiger partial charge is 0.167 e. The molecule has 0 saturated carbocycles. The summed E-state index contributed by atoms with van der Waals surface area (Å²) in [6, 6.07) is 5.81. The van der Waals surface area contributed by atoms with Gasteiger partial charge in [-0.2, -0.15) is 0 Å². The van der Waals surface area contributed by atoms with Gasteiger partial charge >= 0.3 is 0 Å². The van der Waals surface area contributed by atoms with Gasteiger partial charge in [-0.25, -0.2) is 4.99 Å². The number of anilines is 1. The highest BCUT2D eigenvalue weighted by atomic mass is 32.1. The first-order chi connectivity index (χ1) is 14.5. The number of thiazole rings is 1. The molecule has 1 aromatic heterocycles. The highest BCUT2D eigenvalue weighted by Gasteiger charge is 2.30. The van der Waals surface area contributed by atoms with Crippen LogP contribution in [0.15, 0.2) is 23.2 Å². The van der Waals surface area contributed by atoms with E-state index in [1.165, 1.54) is 12.8 Å². The Morgan fingerprint density at radius 2 is 1.87 bits per heavy atom. The number of unbranched alkanes of at least 4 members (excludes halogenated alkanes) is 2. The topological polar surface area (TPSA) is 51.0 Å². The van der Waals surface area contributed by atoms with E-state index in [9.17, 15) is 0 Å². The predicted octanol–water partition coefficient (Wildman–Crippen LogP) is 6.03. The summed E-state index contributed by atoms with van der Waals surface area (Å²) in [5, 5.41) is 3.47. The van der Waals surface area contributed by atoms with Gasteiger partial charge in [0.15, 0.2) is 3.95 Å². The summed E-state index contributed by atoms with van der Waals surface area (Å²) in [5.41, 5.74) is 0.899. The second kappa shape index (κ2) is 10.4. The molecular weight excluding hydrogens is 416 g/mol. The van der Waals surface area contributed by atoms with E-state index in [1.54, 1.807) is 25.6 Å². The van der Waals surface area contributed by atoms with Crippen molar-refractivity contribution in [2.45, 2.75) is 52.6 Å². The van der Waals surface area contributed by atoms with E-state index in [0.29, 0.717) is 0 Å². The molecular formula is C22H32N4O2S2. The van der Waals surface area contributed by atoms with Gasteiger partial charge in [-0.1, -0.05) is 26.7 Å². The molecule has 1 aliphatic heterocycles. The van der Waals surface area contributed by atoms with Gasteiger partial charge in [0.25, 0.3) is 0 Å². The summed E-state index contributed by atoms with van der Waals surface area (Å²) in [6.07, 6.45) is 4.66. The number of benzene rings is 1. The van der Waals surface area contributed by atoms with Gasteiger partial charge in [-0.3, -0.25) is 9.47 Å². The van der Waals surface area contributed by atoms with Gasteiger partial charge in [0.05, 0.1) is 24.8 Å². The van der Waals surface area contributed by atoms with E-state index >= 15 is 0 Å². The zero-order chi connectivity index (χ0) is 21.7. The quantitative estimate of drug-likeness (QED) is 0.450. The van der Waals surface area contributed by atoms with Gasteiger partial charge in [0, 0.05) is 19.2 Å². The Morgan fingerprint density at radius 1 is 1.17 bits per heavy atom. The van der Waals surface area contributed by atoms with Crippen LogP contribution in [0.4, 0.5) is 5.82 Å². The third-order valence-electron chi connectivity index (χ3n) is 5.26. The number of fused-ring (bicyclic) bond motifs is 1. The third kappa shape index (κ3) is 4.71. The first-order valence-corrected chi connectivity index (χ1v) is 11.8. The molecule has 8 heteroatoms. The van der Waals surface area contributed by atoms with E-state index in [-0.39, 0.29) is 6.17 Å². The van der Waals surface area contributed by atoms with Gasteiger partial charge in [0.1, 0.15) is 29.3 Å². The lowest BCUT2D eigenvalue weighted by Crippen LogP contribution is -2.33. The number of nitrogens with one attached hydrogen (secondary N) is 1. The van der Waals surface area contributed by atoms with E-state index < -0.39 is 0 Å². The van der Waals surface area contributed by atoms with Gasteiger partial charge in [-0.05, 0) is 44.1 Å². The number of hydrogen-bond donors (Lipinski definition) is 1. The second-order valence-electron chi connectivity index (χ2n) is 7.41. The fraction of sp³-hybridized carbons (Fsp3) is 0.545. The summed E-state index contributed by atoms with van der Waals surface area (Å²) >= 11 is 7.44. The predicted molar refractivity (Wildman–Crippen MR) is 128 cm³/mol. The van der Waals surface area contributed by atoms with Crippen molar-refractivity contribution in [1.29, 1.82) is 0 Å². The fourth-order valence-electron chi connectivity index (χ4n) is 3.64. The Balaban J connectivity index is 2.08. The molecule has 1 atom stereocenters. The molecule has 0 saturated heterocycles. The Hall–Kier alpha value is -1.90. The van der Waals surface area contributed by atoms with Gasteiger partial charge in [0.2, 0.25) is 0 Å². The second-order valence-corrected chi connectivity index (χ2v) is 9.09. The molecule has 0 bridgehead atoms. The molecule has 30 heavy (non-hydrogen) atoms. The van der Waals surface area contributed by atoms with Gasteiger partial charge < -0.3 is 14.8 Å². The largest absolute Gasteiger partial charge is 0.497 e. The van der Waals surface area contributed by atoms with Crippen LogP contribution in [0.1, 0.15) is 57.5 Å². The Kier molecular flexibility index (Phi) is 7.91. The molecule has 1 aliphatic rings. The van der Waals surface area contributed by atoms with Crippen molar-refractivity contribution in [1.82, 2.24) is 9.47 Å². The Bertz CT molecular complexity index is 943. The highest BCUT2D eigenvalue weighted by molar-refractivity contribution is 7.73. The number of amidine groups is 1. The maximum atomic E-state index is 5.81. The van der Waals surface area contributed by atoms with E-state index in [2.05, 4.69) is 28.6 Å². The normalized spacial score (nSPS) is 15.5. The summed E-state index contributed by atoms with van der Waals surface area (Å²) in [4.78, 5) is 8.64. The van der Waals surface area contributed by atoms with Crippen molar-refractivity contribution in [2.24, 2.45) is 4.99 Å². The highest BCUT2D eigenvalue weighted by Crippen LogP contribution is 2.41. The van der Waals surface area contributed by atoms with Crippen molar-refractivity contribution < 1.29 is 9.47 Å². The number of nitrogens with zero attached hydrogens (tertiary/aromatic N) is 3. The SMILES string of the molecule is CCCCN(CCCC)C1N=C(C)Nc2c1sc(=S)n2-c1ccc(OC)cc1OC. The molecule has 6 nitrogen and oxygen atoms in total. The average Bonchev–Trinajstić information content (AvgIpc) is 3.08. The zero-order valence-corrected chi connectivity index (χ0v) is 20.2. The summed E-state index contributed by atoms with van der Waals surface area (Å²) in [6.45, 7) is 8.55. The standard InChI is InChI=1S/C22H32N4O2S2/c1-6-8-12-25(13-9-7-2)20-19-21(24-15(3)23-20)26(22(29)30-19)17-11-10-16(27-4)14-18(17)28-5/h10-11,14,20H,6-9,12-13H2,1-5H3,(H,23,24). The first-order valence-electron chi connectivity index (χ1n) is 10.6. The lowest BCUT2D eigenvalue weighted by Gasteiger charge is -2.32. The zero-order valence-electron chi connectivity index (χ0n) is 18.5. The van der Waals surface area contributed by atoms with Crippen molar-refractivity contribution in [2.75, 3.05) is 32.6 Å². The maximum absolute atomic E-state index is 5.81. The molecule has 1 N–H and O–H groups in total. The molecule has 1 unspecified atom stereocenters. The van der Waals surface area contributed by atoms with Crippen molar-refractivity contribution in [3.05, 3.63) is 27.0 Å². The fourth-order valence-corrected chi connectivity index (χ4v) is 5.12. The van der Waals surface area contributed by atoms with E-state index in [4.69, 9.17) is 26.7 Å². The molecule has 3 rings (SSSR count). The minimum absolute atomic E-state index is 0.00320. The Morgan fingerprint density at radius 3 is 2.47 bits per heavy atom. The van der Waals surface area contributed by atoms with E-state index in [0.717, 1.165) is 63.6 Å². The molecule has 0 fully saturated rings. The molecule has 0 amide bonds. The van der Waals surface area contributed by atoms with Crippen LogP contribution >= 0.6 is 23.6 Å². The Labute approximate surface area is 188 Å². The van der Waals surface area contributed by atoms with Crippen LogP contribution in [0.5, 0.6) is 11.5 Å². The minimum Gasteiger partial charge on any atom is -0.497 e. The van der Waals surface area contributed by atoms with Crippen LogP contribution in [0.25, 0.3) is 5.69 Å². The van der Waals surface area contributed by atoms with Crippen LogP contribution in [0, 0.1) is 3.95 Å². The lowest BCUT2D eigenvalue weighted by molar-refractivity contribution is 0.199. The number of hydrogen-bond acceptors (Lipinski definition) is 7. The summed E-state index contributed by atoms with van der Waals surface area (Å²) in [7, 11) is 3.32. The van der Waals surface area contributed by atoms with Crippen LogP contribution < -0.4 is 14.8 Å². The van der Waals surface area contributed by atoms with Crippen LogP contribution in [-0.2, 0) is 0 Å². The first kappa shape index (κ1) is 22.8. The molecule has 2 heterocycles. The van der Waals surface area contributed by atoms with Crippen molar-refractivity contribution in [3.8, 4) is 17.2 Å². The average molecular weight is 449 g/mol. The van der Waals surface area contributed by atoms with Crippen molar-refractivity contribution >= 4 is 35.2 Å². The monoisotopic (exact) mass is 448 g/mol. The van der Waals surface area contributed by atoms with Crippen LogP contribution in [-0.4, -0.2) is 42.6 Å². The molecule has 164 valence electrons. The molecule has 0 spiro atoms. The third-order valence-corrected chi connectivity index (χ3v) is 6.67. The molecule has 0 radical (unpaired) electrons. The molecule has 0 aliphatic carbocycles. The number of ether oxygens (including phenoxy) is 2.